The van der Waals surface area contributed by atoms with E-state index in [1.807, 2.05) is 18.2 Å². The first-order chi connectivity index (χ1) is 11.0. The molecule has 9 nitrogen and oxygen atoms in total. The lowest BCUT2D eigenvalue weighted by Crippen LogP contribution is -2.26. The van der Waals surface area contributed by atoms with Crippen molar-refractivity contribution in [2.75, 3.05) is 5.32 Å². The van der Waals surface area contributed by atoms with Gasteiger partial charge in [-0.1, -0.05) is 18.2 Å². The summed E-state index contributed by atoms with van der Waals surface area (Å²) in [6.07, 6.45) is 0. The van der Waals surface area contributed by atoms with Gasteiger partial charge in [-0.25, -0.2) is 4.99 Å². The highest BCUT2D eigenvalue weighted by Gasteiger charge is 2.15. The molecule has 9 heteroatoms. The summed E-state index contributed by atoms with van der Waals surface area (Å²) >= 11 is 0. The summed E-state index contributed by atoms with van der Waals surface area (Å²) in [5, 5.41) is 14.2. The van der Waals surface area contributed by atoms with Gasteiger partial charge in [0.05, 0.1) is 10.6 Å². The van der Waals surface area contributed by atoms with Gasteiger partial charge in [0.1, 0.15) is 5.69 Å². The van der Waals surface area contributed by atoms with E-state index in [4.69, 9.17) is 17.2 Å². The summed E-state index contributed by atoms with van der Waals surface area (Å²) in [6, 6.07) is 13.5. The minimum absolute atomic E-state index is 0.146. The predicted octanol–water partition coefficient (Wildman–Crippen LogP) is 1.56. The van der Waals surface area contributed by atoms with Crippen LogP contribution in [0.3, 0.4) is 0 Å². The molecular weight excluding hydrogens is 298 g/mol. The molecule has 0 amide bonds. The SMILES string of the molecule is NC(N)=NC(N)=Nc1ccc(Nc2ccccc2)c([N+](=O)[O-])c1. The van der Waals surface area contributed by atoms with E-state index in [-0.39, 0.29) is 23.3 Å². The molecule has 118 valence electrons. The lowest BCUT2D eigenvalue weighted by molar-refractivity contribution is -0.383. The Balaban J connectivity index is 2.35. The van der Waals surface area contributed by atoms with Crippen LogP contribution in [0.5, 0.6) is 0 Å². The average Bonchev–Trinajstić information content (AvgIpc) is 2.48. The van der Waals surface area contributed by atoms with Crippen LogP contribution in [0.15, 0.2) is 58.5 Å². The van der Waals surface area contributed by atoms with Gasteiger partial charge in [0.2, 0.25) is 5.96 Å². The zero-order valence-electron chi connectivity index (χ0n) is 12.0. The number of hydrogen-bond donors (Lipinski definition) is 4. The van der Waals surface area contributed by atoms with Gasteiger partial charge in [0.15, 0.2) is 5.96 Å². The quantitative estimate of drug-likeness (QED) is 0.290. The number of nitro groups is 1. The second-order valence-electron chi connectivity index (χ2n) is 4.46. The molecule has 2 aromatic carbocycles. The third-order valence-electron chi connectivity index (χ3n) is 2.72. The largest absolute Gasteiger partial charge is 0.370 e. The van der Waals surface area contributed by atoms with Crippen molar-refractivity contribution in [1.29, 1.82) is 0 Å². The first-order valence-electron chi connectivity index (χ1n) is 6.50. The van der Waals surface area contributed by atoms with Crippen LogP contribution in [-0.2, 0) is 0 Å². The number of aliphatic imine (C=N–C) groups is 2. The Bertz CT molecular complexity index is 768. The number of nitrogens with one attached hydrogen (secondary N) is 1. The van der Waals surface area contributed by atoms with Gasteiger partial charge >= 0.3 is 0 Å². The van der Waals surface area contributed by atoms with Crippen molar-refractivity contribution in [3.05, 3.63) is 58.6 Å². The Morgan fingerprint density at radius 3 is 2.39 bits per heavy atom. The summed E-state index contributed by atoms with van der Waals surface area (Å²) in [5.74, 6) is -0.439. The van der Waals surface area contributed by atoms with E-state index in [9.17, 15) is 10.1 Å². The molecule has 2 aromatic rings. The van der Waals surface area contributed by atoms with Crippen LogP contribution in [0.2, 0.25) is 0 Å². The molecule has 0 saturated carbocycles. The number of anilines is 2. The van der Waals surface area contributed by atoms with E-state index < -0.39 is 4.92 Å². The third kappa shape index (κ3) is 4.43. The first kappa shape index (κ1) is 15.8. The van der Waals surface area contributed by atoms with Gasteiger partial charge in [-0.3, -0.25) is 10.1 Å². The minimum atomic E-state index is -0.513. The van der Waals surface area contributed by atoms with Crippen molar-refractivity contribution in [2.45, 2.75) is 0 Å². The van der Waals surface area contributed by atoms with Crippen LogP contribution < -0.4 is 22.5 Å². The number of guanidine groups is 2. The number of nitrogens with zero attached hydrogens (tertiary/aromatic N) is 3. The van der Waals surface area contributed by atoms with Crippen LogP contribution in [-0.4, -0.2) is 16.8 Å². The Morgan fingerprint density at radius 2 is 1.78 bits per heavy atom. The summed E-state index contributed by atoms with van der Waals surface area (Å²) in [5.41, 5.74) is 17.1. The molecule has 0 unspecified atom stereocenters. The van der Waals surface area contributed by atoms with E-state index in [2.05, 4.69) is 15.3 Å². The van der Waals surface area contributed by atoms with Crippen molar-refractivity contribution < 1.29 is 4.92 Å². The zero-order chi connectivity index (χ0) is 16.8. The number of hydrogen-bond acceptors (Lipinski definition) is 4. The lowest BCUT2D eigenvalue weighted by Gasteiger charge is -2.07. The molecule has 0 spiro atoms. The lowest BCUT2D eigenvalue weighted by atomic mass is 10.2. The number of rotatable bonds is 4. The van der Waals surface area contributed by atoms with Gasteiger partial charge < -0.3 is 22.5 Å². The predicted molar refractivity (Wildman–Crippen MR) is 89.9 cm³/mol. The molecule has 0 fully saturated rings. The van der Waals surface area contributed by atoms with E-state index in [1.54, 1.807) is 18.2 Å². The van der Waals surface area contributed by atoms with Crippen LogP contribution in [0.1, 0.15) is 0 Å². The molecule has 0 aliphatic heterocycles. The summed E-state index contributed by atoms with van der Waals surface area (Å²) < 4.78 is 0. The van der Waals surface area contributed by atoms with Crippen LogP contribution in [0, 0.1) is 10.1 Å². The van der Waals surface area contributed by atoms with Gasteiger partial charge in [0, 0.05) is 11.8 Å². The van der Waals surface area contributed by atoms with Crippen molar-refractivity contribution in [1.82, 2.24) is 0 Å². The molecule has 0 aliphatic rings. The second-order valence-corrected chi connectivity index (χ2v) is 4.46. The average molecular weight is 313 g/mol. The first-order valence-corrected chi connectivity index (χ1v) is 6.50. The molecule has 0 aromatic heterocycles. The van der Waals surface area contributed by atoms with E-state index in [0.717, 1.165) is 5.69 Å². The van der Waals surface area contributed by atoms with Gasteiger partial charge in [0.25, 0.3) is 5.69 Å². The molecule has 0 heterocycles. The normalized spacial score (nSPS) is 10.9. The number of nitrogens with two attached hydrogens (primary N) is 3. The third-order valence-corrected chi connectivity index (χ3v) is 2.72. The Labute approximate surface area is 131 Å². The highest BCUT2D eigenvalue weighted by atomic mass is 16.6. The molecule has 0 bridgehead atoms. The maximum Gasteiger partial charge on any atom is 0.294 e. The summed E-state index contributed by atoms with van der Waals surface area (Å²) in [6.45, 7) is 0. The van der Waals surface area contributed by atoms with E-state index >= 15 is 0 Å². The van der Waals surface area contributed by atoms with Crippen molar-refractivity contribution in [3.63, 3.8) is 0 Å². The summed E-state index contributed by atoms with van der Waals surface area (Å²) in [7, 11) is 0. The monoisotopic (exact) mass is 313 g/mol. The van der Waals surface area contributed by atoms with Crippen molar-refractivity contribution >= 4 is 34.7 Å². The fraction of sp³-hybridized carbons (Fsp3) is 0. The Kier molecular flexibility index (Phi) is 4.72. The summed E-state index contributed by atoms with van der Waals surface area (Å²) in [4.78, 5) is 18.2. The number of para-hydroxylation sites is 1. The van der Waals surface area contributed by atoms with E-state index in [1.165, 1.54) is 12.1 Å². The Hall–Kier alpha value is -3.62. The molecule has 0 atom stereocenters. The van der Waals surface area contributed by atoms with Gasteiger partial charge in [-0.05, 0) is 24.3 Å². The fourth-order valence-electron chi connectivity index (χ4n) is 1.81. The number of nitro benzene ring substituents is 1. The van der Waals surface area contributed by atoms with Crippen LogP contribution in [0.4, 0.5) is 22.7 Å². The maximum atomic E-state index is 11.2. The standard InChI is InChI=1S/C14H15N7O2/c15-13(16)20-14(17)19-10-6-7-11(12(8-10)21(22)23)18-9-4-2-1-3-5-9/h1-8,18H,(H6,15,16,17,19,20). The number of benzene rings is 2. The molecule has 0 aliphatic carbocycles. The topological polar surface area (TPSA) is 158 Å². The molecular formula is C14H15N7O2. The second kappa shape index (κ2) is 6.89. The Morgan fingerprint density at radius 1 is 1.09 bits per heavy atom. The highest BCUT2D eigenvalue weighted by molar-refractivity contribution is 5.93. The zero-order valence-corrected chi connectivity index (χ0v) is 12.0. The molecule has 2 rings (SSSR count). The maximum absolute atomic E-state index is 11.2. The smallest absolute Gasteiger partial charge is 0.294 e. The van der Waals surface area contributed by atoms with Crippen molar-refractivity contribution in [3.8, 4) is 0 Å². The van der Waals surface area contributed by atoms with Crippen molar-refractivity contribution in [2.24, 2.45) is 27.2 Å². The highest BCUT2D eigenvalue weighted by Crippen LogP contribution is 2.31. The molecule has 7 N–H and O–H groups in total. The molecule has 23 heavy (non-hydrogen) atoms. The van der Waals surface area contributed by atoms with Crippen LogP contribution in [0.25, 0.3) is 0 Å². The van der Waals surface area contributed by atoms with Gasteiger partial charge in [-0.2, -0.15) is 4.99 Å². The fourth-order valence-corrected chi connectivity index (χ4v) is 1.81. The van der Waals surface area contributed by atoms with E-state index in [0.29, 0.717) is 5.69 Å². The minimum Gasteiger partial charge on any atom is -0.370 e. The molecule has 0 radical (unpaired) electrons. The van der Waals surface area contributed by atoms with Crippen LogP contribution >= 0.6 is 0 Å². The molecule has 0 saturated heterocycles. The van der Waals surface area contributed by atoms with Gasteiger partial charge in [-0.15, -0.1) is 0 Å².